The van der Waals surface area contributed by atoms with Gasteiger partial charge < -0.3 is 15.3 Å². The normalized spacial score (nSPS) is 11.7. The molecule has 24 heavy (non-hydrogen) atoms. The van der Waals surface area contributed by atoms with Crippen LogP contribution in [0.15, 0.2) is 53.5 Å². The molecule has 3 rings (SSSR count). The highest BCUT2D eigenvalue weighted by molar-refractivity contribution is 14.1. The summed E-state index contributed by atoms with van der Waals surface area (Å²) in [4.78, 5) is 16.4. The number of hydrogen-bond acceptors (Lipinski definition) is 5. The fourth-order valence-corrected chi connectivity index (χ4v) is 2.49. The maximum atomic E-state index is 11.3. The van der Waals surface area contributed by atoms with E-state index in [9.17, 15) is 15.3 Å². The number of nitrogens with zero attached hydrogens (tertiary/aromatic N) is 5. The van der Waals surface area contributed by atoms with Gasteiger partial charge in [0, 0.05) is 3.57 Å². The lowest BCUT2D eigenvalue weighted by Gasteiger charge is -2.00. The molecular weight excluding hydrogens is 425 g/mol. The molecule has 0 radical (unpaired) electrons. The van der Waals surface area contributed by atoms with Gasteiger partial charge in [-0.2, -0.15) is 0 Å². The zero-order valence-electron chi connectivity index (χ0n) is 12.5. The summed E-state index contributed by atoms with van der Waals surface area (Å²) in [5.41, 5.74) is 1.65. The van der Waals surface area contributed by atoms with E-state index >= 15 is 0 Å². The van der Waals surface area contributed by atoms with E-state index in [2.05, 4.69) is 32.7 Å². The van der Waals surface area contributed by atoms with Crippen molar-refractivity contribution in [2.45, 2.75) is 6.92 Å². The highest BCUT2D eigenvalue weighted by Gasteiger charge is 2.24. The van der Waals surface area contributed by atoms with Crippen LogP contribution in [-0.2, 0) is 0 Å². The van der Waals surface area contributed by atoms with Gasteiger partial charge in [-0.25, -0.2) is 4.99 Å². The summed E-state index contributed by atoms with van der Waals surface area (Å²) in [6.45, 7) is 1.87. The van der Waals surface area contributed by atoms with Crippen molar-refractivity contribution in [2.24, 2.45) is 4.99 Å². The van der Waals surface area contributed by atoms with Gasteiger partial charge in [0.2, 0.25) is 0 Å². The summed E-state index contributed by atoms with van der Waals surface area (Å²) in [7, 11) is 0. The van der Waals surface area contributed by atoms with Gasteiger partial charge in [0.25, 0.3) is 5.49 Å². The molecule has 0 aliphatic rings. The Hall–Kier alpha value is -2.69. The summed E-state index contributed by atoms with van der Waals surface area (Å²) >= 11 is 2.15. The Morgan fingerprint density at radius 1 is 1.25 bits per heavy atom. The number of nitro groups is 1. The predicted molar refractivity (Wildman–Crippen MR) is 94.5 cm³/mol. The number of aryl methyl sites for hydroxylation is 1. The van der Waals surface area contributed by atoms with Gasteiger partial charge in [0.15, 0.2) is 0 Å². The smallest absolute Gasteiger partial charge is 0.409 e. The van der Waals surface area contributed by atoms with E-state index in [0.717, 1.165) is 13.9 Å². The molecule has 0 saturated heterocycles. The maximum Gasteiger partial charge on any atom is 0.438 e. The number of aromatic nitrogens is 3. The van der Waals surface area contributed by atoms with Crippen LogP contribution in [0, 0.1) is 20.6 Å². The van der Waals surface area contributed by atoms with Crippen LogP contribution >= 0.6 is 22.6 Å². The summed E-state index contributed by atoms with van der Waals surface area (Å²) in [6, 6.07) is 14.1. The lowest BCUT2D eigenvalue weighted by atomic mass is 10.2. The van der Waals surface area contributed by atoms with Gasteiger partial charge in [-0.3, -0.25) is 0 Å². The quantitative estimate of drug-likeness (QED) is 0.295. The van der Waals surface area contributed by atoms with Gasteiger partial charge in [-0.1, -0.05) is 17.0 Å². The average Bonchev–Trinajstić information content (AvgIpc) is 2.87. The molecule has 0 amide bonds. The maximum absolute atomic E-state index is 11.3. The van der Waals surface area contributed by atoms with E-state index in [1.54, 1.807) is 30.3 Å². The third-order valence-corrected chi connectivity index (χ3v) is 3.94. The van der Waals surface area contributed by atoms with Crippen LogP contribution in [-0.4, -0.2) is 24.9 Å². The topological polar surface area (TPSA) is 98.5 Å². The number of benzene rings is 2. The van der Waals surface area contributed by atoms with Gasteiger partial charge in [0.05, 0.1) is 10.8 Å². The van der Waals surface area contributed by atoms with Crippen LogP contribution in [0.2, 0.25) is 0 Å². The molecule has 8 nitrogen and oxygen atoms in total. The first kappa shape index (κ1) is 16.2. The molecule has 0 aliphatic heterocycles. The Kier molecular flexibility index (Phi) is 4.34. The first-order chi connectivity index (χ1) is 11.5. The fraction of sp³-hybridized carbons (Fsp3) is 0.0667. The van der Waals surface area contributed by atoms with Crippen LogP contribution in [0.25, 0.3) is 5.69 Å². The highest BCUT2D eigenvalue weighted by atomic mass is 127. The van der Waals surface area contributed by atoms with Crippen molar-refractivity contribution >= 4 is 34.1 Å². The van der Waals surface area contributed by atoms with E-state index in [1.807, 2.05) is 25.1 Å². The van der Waals surface area contributed by atoms with Crippen LogP contribution in [0.1, 0.15) is 5.56 Å². The third-order valence-electron chi connectivity index (χ3n) is 3.23. The zero-order chi connectivity index (χ0) is 17.3. The monoisotopic (exact) mass is 437 g/mol. The molecule has 1 aromatic heterocycles. The second-order valence-electron chi connectivity index (χ2n) is 5.01. The van der Waals surface area contributed by atoms with Crippen molar-refractivity contribution in [1.29, 1.82) is 0 Å². The zero-order valence-corrected chi connectivity index (χ0v) is 14.7. The van der Waals surface area contributed by atoms with Gasteiger partial charge in [0.1, 0.15) is 5.69 Å². The minimum Gasteiger partial charge on any atom is -0.409 e. The van der Waals surface area contributed by atoms with Crippen molar-refractivity contribution < 1.29 is 10.1 Å². The molecular formula is C15H12IN5O3. The van der Waals surface area contributed by atoms with Crippen molar-refractivity contribution in [1.82, 2.24) is 14.7 Å². The first-order valence-electron chi connectivity index (χ1n) is 6.89. The molecule has 9 heteroatoms. The lowest BCUT2D eigenvalue weighted by Crippen LogP contribution is -2.22. The number of rotatable bonds is 3. The van der Waals surface area contributed by atoms with Crippen molar-refractivity contribution in [3.05, 3.63) is 73.3 Å². The minimum atomic E-state index is -0.676. The molecule has 0 fully saturated rings. The molecule has 0 spiro atoms. The lowest BCUT2D eigenvalue weighted by molar-refractivity contribution is -0.391. The van der Waals surface area contributed by atoms with E-state index in [1.165, 1.54) is 0 Å². The molecule has 0 saturated carbocycles. The Bertz CT molecular complexity index is 976. The van der Waals surface area contributed by atoms with Crippen molar-refractivity contribution in [3.63, 3.8) is 0 Å². The molecule has 0 bridgehead atoms. The molecule has 1 heterocycles. The average molecular weight is 437 g/mol. The van der Waals surface area contributed by atoms with Crippen LogP contribution < -0.4 is 5.49 Å². The van der Waals surface area contributed by atoms with Crippen LogP contribution in [0.3, 0.4) is 0 Å². The fourth-order valence-electron chi connectivity index (χ4n) is 2.13. The van der Waals surface area contributed by atoms with Crippen molar-refractivity contribution in [2.75, 3.05) is 0 Å². The largest absolute Gasteiger partial charge is 0.438 e. The van der Waals surface area contributed by atoms with E-state index in [0.29, 0.717) is 16.2 Å². The minimum absolute atomic E-state index is 0.247. The third kappa shape index (κ3) is 3.15. The van der Waals surface area contributed by atoms with Crippen molar-refractivity contribution in [3.8, 4) is 5.69 Å². The summed E-state index contributed by atoms with van der Waals surface area (Å²) < 4.78 is 1.01. The SMILES string of the molecule is Cc1cccc(-n2nc([N+](=O)[O-])c(=Nc3ccc(I)cc3)n2O)c1. The number of halogens is 1. The second-order valence-corrected chi connectivity index (χ2v) is 6.26. The van der Waals surface area contributed by atoms with E-state index in [4.69, 9.17) is 0 Å². The van der Waals surface area contributed by atoms with Gasteiger partial charge in [-0.15, -0.1) is 0 Å². The Labute approximate surface area is 149 Å². The molecule has 3 aromatic rings. The van der Waals surface area contributed by atoms with Gasteiger partial charge >= 0.3 is 5.82 Å². The summed E-state index contributed by atoms with van der Waals surface area (Å²) in [5.74, 6) is -0.530. The predicted octanol–water partition coefficient (Wildman–Crippen LogP) is 2.96. The number of hydrogen-bond donors (Lipinski definition) is 1. The molecule has 1 N–H and O–H groups in total. The Balaban J connectivity index is 2.22. The molecule has 0 atom stereocenters. The second kappa shape index (κ2) is 6.43. The highest BCUT2D eigenvalue weighted by Crippen LogP contribution is 2.15. The molecule has 122 valence electrons. The van der Waals surface area contributed by atoms with Gasteiger partial charge in [-0.05, 0) is 81.2 Å². The Morgan fingerprint density at radius 3 is 2.58 bits per heavy atom. The molecule has 0 unspecified atom stereocenters. The van der Waals surface area contributed by atoms with Crippen LogP contribution in [0.5, 0.6) is 0 Å². The van der Waals surface area contributed by atoms with Crippen LogP contribution in [0.4, 0.5) is 11.5 Å². The Morgan fingerprint density at radius 2 is 1.96 bits per heavy atom. The van der Waals surface area contributed by atoms with E-state index in [-0.39, 0.29) is 5.49 Å². The molecule has 2 aromatic carbocycles. The summed E-state index contributed by atoms with van der Waals surface area (Å²) in [6.07, 6.45) is 0. The summed E-state index contributed by atoms with van der Waals surface area (Å²) in [5, 5.41) is 25.5. The molecule has 0 aliphatic carbocycles. The van der Waals surface area contributed by atoms with E-state index < -0.39 is 10.7 Å². The standard InChI is InChI=1S/C15H12IN5O3/c1-10-3-2-4-13(9-10)19-18-15(21(23)24)14(20(19)22)17-12-7-5-11(16)6-8-12/h2-9,22H,1H3. The first-order valence-corrected chi connectivity index (χ1v) is 7.97.